The van der Waals surface area contributed by atoms with Gasteiger partial charge < -0.3 is 19.5 Å². The maximum absolute atomic E-state index is 12.7. The third-order valence-electron chi connectivity index (χ3n) is 6.21. The number of ether oxygens (including phenoxy) is 2. The number of phenolic OH excluding ortho intramolecular Hbond substituents is 1. The van der Waals surface area contributed by atoms with Crippen LogP contribution < -0.4 is 4.74 Å². The molecule has 1 N–H and O–H groups in total. The van der Waals surface area contributed by atoms with Gasteiger partial charge in [-0.3, -0.25) is 4.79 Å². The van der Waals surface area contributed by atoms with E-state index in [1.165, 1.54) is 5.56 Å². The van der Waals surface area contributed by atoms with E-state index in [0.29, 0.717) is 18.6 Å². The van der Waals surface area contributed by atoms with Crippen LogP contribution in [0.4, 0.5) is 0 Å². The molecule has 0 spiro atoms. The Morgan fingerprint density at radius 2 is 2.17 bits per heavy atom. The number of piperidine rings is 1. The Hall–Kier alpha value is -1.59. The van der Waals surface area contributed by atoms with Crippen LogP contribution in [0.15, 0.2) is 12.1 Å². The predicted molar refractivity (Wildman–Crippen MR) is 89.6 cm³/mol. The number of carbonyl (C=O) groups excluding carboxylic acids is 1. The molecule has 2 heterocycles. The normalized spacial score (nSPS) is 33.0. The number of Topliss-reactive ketones (excluding diaryl/α,β-unsaturated/α-hetero) is 1. The second-order valence-corrected chi connectivity index (χ2v) is 7.40. The van der Waals surface area contributed by atoms with Gasteiger partial charge in [0.05, 0.1) is 5.60 Å². The number of nitrogens with zero attached hydrogens (tertiary/aromatic N) is 1. The number of aromatic hydroxyl groups is 1. The molecular formula is C19H25NO4. The Morgan fingerprint density at radius 3 is 2.96 bits per heavy atom. The summed E-state index contributed by atoms with van der Waals surface area (Å²) < 4.78 is 11.9. The van der Waals surface area contributed by atoms with Crippen molar-refractivity contribution in [2.75, 3.05) is 20.7 Å². The highest BCUT2D eigenvalue weighted by atomic mass is 16.5. The Labute approximate surface area is 142 Å². The third-order valence-corrected chi connectivity index (χ3v) is 6.21. The number of likely N-dealkylation sites (N-methyl/N-ethyl adjacent to an activating group) is 1. The molecular weight excluding hydrogens is 306 g/mol. The highest BCUT2D eigenvalue weighted by Gasteiger charge is 2.46. The lowest BCUT2D eigenvalue weighted by atomic mass is 9.76. The molecule has 24 heavy (non-hydrogen) atoms. The molecule has 0 saturated carbocycles. The van der Waals surface area contributed by atoms with Crippen LogP contribution in [-0.4, -0.2) is 54.2 Å². The van der Waals surface area contributed by atoms with Crippen molar-refractivity contribution in [1.82, 2.24) is 4.90 Å². The summed E-state index contributed by atoms with van der Waals surface area (Å²) in [7, 11) is 3.92. The lowest BCUT2D eigenvalue weighted by Gasteiger charge is -2.48. The van der Waals surface area contributed by atoms with E-state index < -0.39 is 6.10 Å². The van der Waals surface area contributed by atoms with Crippen molar-refractivity contribution in [1.29, 1.82) is 0 Å². The van der Waals surface area contributed by atoms with Gasteiger partial charge in [-0.2, -0.15) is 0 Å². The van der Waals surface area contributed by atoms with Gasteiger partial charge in [0.2, 0.25) is 0 Å². The van der Waals surface area contributed by atoms with Gasteiger partial charge in [-0.25, -0.2) is 0 Å². The fourth-order valence-corrected chi connectivity index (χ4v) is 4.78. The highest BCUT2D eigenvalue weighted by Crippen LogP contribution is 2.44. The number of benzene rings is 1. The molecule has 1 aromatic rings. The Balaban J connectivity index is 1.81. The summed E-state index contributed by atoms with van der Waals surface area (Å²) in [5, 5.41) is 10.1. The lowest BCUT2D eigenvalue weighted by molar-refractivity contribution is -0.132. The monoisotopic (exact) mass is 331 g/mol. The first-order valence-electron chi connectivity index (χ1n) is 8.82. The first kappa shape index (κ1) is 15.9. The summed E-state index contributed by atoms with van der Waals surface area (Å²) in [6.45, 7) is 1.04. The molecule has 0 amide bonds. The number of hydrogen-bond donors (Lipinski definition) is 1. The smallest absolute Gasteiger partial charge is 0.173 e. The summed E-state index contributed by atoms with van der Waals surface area (Å²) in [5.74, 6) is 0.759. The summed E-state index contributed by atoms with van der Waals surface area (Å²) in [5.41, 5.74) is 1.88. The minimum absolute atomic E-state index is 0.113. The van der Waals surface area contributed by atoms with Crippen LogP contribution in [0.5, 0.6) is 11.5 Å². The maximum Gasteiger partial charge on any atom is 0.173 e. The SMILES string of the molecule is CO[C@@]12CCCN(C)[C@@H]1Cc1ccc(O)c3c1CC(O3)C(=O)CC2. The highest BCUT2D eigenvalue weighted by molar-refractivity contribution is 5.85. The number of likely N-dealkylation sites (tertiary alicyclic amines) is 1. The average molecular weight is 331 g/mol. The van der Waals surface area contributed by atoms with Gasteiger partial charge in [0, 0.05) is 31.6 Å². The van der Waals surface area contributed by atoms with Gasteiger partial charge >= 0.3 is 0 Å². The van der Waals surface area contributed by atoms with Gasteiger partial charge in [0.1, 0.15) is 0 Å². The van der Waals surface area contributed by atoms with E-state index in [4.69, 9.17) is 9.47 Å². The average Bonchev–Trinajstić information content (AvgIpc) is 3.03. The molecule has 0 radical (unpaired) electrons. The zero-order chi connectivity index (χ0) is 16.9. The topological polar surface area (TPSA) is 59.0 Å². The number of carbonyl (C=O) groups is 1. The molecule has 4 rings (SSSR count). The van der Waals surface area contributed by atoms with Crippen molar-refractivity contribution in [2.24, 2.45) is 0 Å². The van der Waals surface area contributed by atoms with Crippen LogP contribution in [0.25, 0.3) is 0 Å². The van der Waals surface area contributed by atoms with E-state index >= 15 is 0 Å². The molecule has 3 atom stereocenters. The number of hydrogen-bond acceptors (Lipinski definition) is 5. The second-order valence-electron chi connectivity index (χ2n) is 7.40. The molecule has 3 aliphatic rings. The van der Waals surface area contributed by atoms with Crippen LogP contribution in [0.3, 0.4) is 0 Å². The Morgan fingerprint density at radius 1 is 1.33 bits per heavy atom. The van der Waals surface area contributed by atoms with Gasteiger partial charge in [-0.1, -0.05) is 6.07 Å². The van der Waals surface area contributed by atoms with Gasteiger partial charge in [-0.05, 0) is 50.9 Å². The van der Waals surface area contributed by atoms with Crippen molar-refractivity contribution < 1.29 is 19.4 Å². The van der Waals surface area contributed by atoms with Gasteiger partial charge in [0.25, 0.3) is 0 Å². The first-order chi connectivity index (χ1) is 11.5. The summed E-state index contributed by atoms with van der Waals surface area (Å²) >= 11 is 0. The van der Waals surface area contributed by atoms with Crippen LogP contribution >= 0.6 is 0 Å². The molecule has 1 fully saturated rings. The minimum atomic E-state index is -0.459. The van der Waals surface area contributed by atoms with Crippen molar-refractivity contribution >= 4 is 5.78 Å². The zero-order valence-electron chi connectivity index (χ0n) is 14.4. The van der Waals surface area contributed by atoms with E-state index in [0.717, 1.165) is 37.8 Å². The molecule has 130 valence electrons. The lowest BCUT2D eigenvalue weighted by Crippen LogP contribution is -2.58. The molecule has 1 aliphatic carbocycles. The summed E-state index contributed by atoms with van der Waals surface area (Å²) in [4.78, 5) is 15.0. The quantitative estimate of drug-likeness (QED) is 0.854. The number of ketones is 1. The third kappa shape index (κ3) is 2.33. The van der Waals surface area contributed by atoms with Crippen LogP contribution in [0, 0.1) is 0 Å². The van der Waals surface area contributed by atoms with E-state index in [1.54, 1.807) is 13.2 Å². The van der Waals surface area contributed by atoms with E-state index in [9.17, 15) is 9.90 Å². The van der Waals surface area contributed by atoms with Gasteiger partial charge in [-0.15, -0.1) is 0 Å². The molecule has 1 aromatic carbocycles. The molecule has 0 aromatic heterocycles. The van der Waals surface area contributed by atoms with Crippen LogP contribution in [0.1, 0.15) is 36.8 Å². The second kappa shape index (κ2) is 5.74. The number of rotatable bonds is 1. The van der Waals surface area contributed by atoms with Gasteiger partial charge in [0.15, 0.2) is 23.4 Å². The first-order valence-corrected chi connectivity index (χ1v) is 8.82. The van der Waals surface area contributed by atoms with Crippen molar-refractivity contribution in [2.45, 2.75) is 56.3 Å². The minimum Gasteiger partial charge on any atom is -0.504 e. The summed E-state index contributed by atoms with van der Waals surface area (Å²) in [6, 6.07) is 3.90. The van der Waals surface area contributed by atoms with Crippen molar-refractivity contribution in [3.8, 4) is 11.5 Å². The molecule has 2 aliphatic heterocycles. The Bertz CT molecular complexity index is 674. The van der Waals surface area contributed by atoms with E-state index in [2.05, 4.69) is 11.9 Å². The summed E-state index contributed by atoms with van der Waals surface area (Å²) in [6.07, 6.45) is 4.24. The van der Waals surface area contributed by atoms with E-state index in [1.807, 2.05) is 6.07 Å². The molecule has 5 heteroatoms. The largest absolute Gasteiger partial charge is 0.504 e. The molecule has 2 bridgehead atoms. The predicted octanol–water partition coefficient (Wildman–Crippen LogP) is 2.08. The maximum atomic E-state index is 12.7. The Kier molecular flexibility index (Phi) is 3.81. The number of methoxy groups -OCH3 is 1. The molecule has 1 saturated heterocycles. The van der Waals surface area contributed by atoms with E-state index in [-0.39, 0.29) is 23.2 Å². The molecule has 1 unspecified atom stereocenters. The standard InChI is InChI=1S/C19H25NO4/c1-20-9-3-7-19(23-2)8-6-14(21)16-11-13-12(10-17(19)20)4-5-15(22)18(13)24-16/h4-5,16-17,22H,3,6-11H2,1-2H3/t16?,17-,19-/m1/s1. The van der Waals surface area contributed by atoms with Crippen LogP contribution in [-0.2, 0) is 22.4 Å². The number of fused-ring (bicyclic) bond motifs is 2. The zero-order valence-corrected chi connectivity index (χ0v) is 14.4. The fraction of sp³-hybridized carbons (Fsp3) is 0.632. The van der Waals surface area contributed by atoms with Crippen molar-refractivity contribution in [3.63, 3.8) is 0 Å². The van der Waals surface area contributed by atoms with Crippen molar-refractivity contribution in [3.05, 3.63) is 23.3 Å². The number of phenols is 1. The fourth-order valence-electron chi connectivity index (χ4n) is 4.78. The molecule has 5 nitrogen and oxygen atoms in total. The van der Waals surface area contributed by atoms with Crippen LogP contribution in [0.2, 0.25) is 0 Å².